The van der Waals surface area contributed by atoms with E-state index >= 15 is 0 Å². The Bertz CT molecular complexity index is 769. The van der Waals surface area contributed by atoms with E-state index in [0.717, 1.165) is 46.9 Å². The number of fused-ring (bicyclic) bond motifs is 1. The van der Waals surface area contributed by atoms with Crippen molar-refractivity contribution in [3.8, 4) is 11.4 Å². The van der Waals surface area contributed by atoms with Crippen LogP contribution in [0.1, 0.15) is 18.3 Å². The lowest BCUT2D eigenvalue weighted by molar-refractivity contribution is 0.708. The summed E-state index contributed by atoms with van der Waals surface area (Å²) < 4.78 is 0. The molecule has 5 nitrogen and oxygen atoms in total. The summed E-state index contributed by atoms with van der Waals surface area (Å²) in [5.41, 5.74) is 4.66. The monoisotopic (exact) mass is 279 g/mol. The normalized spacial score (nSPS) is 11.0. The third kappa shape index (κ3) is 3.03. The van der Waals surface area contributed by atoms with Crippen molar-refractivity contribution in [1.82, 2.24) is 25.3 Å². The number of aromatic nitrogens is 4. The Morgan fingerprint density at radius 3 is 2.62 bits per heavy atom. The average Bonchev–Trinajstić information content (AvgIpc) is 2.52. The fourth-order valence-electron chi connectivity index (χ4n) is 2.21. The predicted molar refractivity (Wildman–Crippen MR) is 82.7 cm³/mol. The van der Waals surface area contributed by atoms with Gasteiger partial charge in [-0.1, -0.05) is 6.92 Å². The molecule has 106 valence electrons. The van der Waals surface area contributed by atoms with E-state index in [1.807, 2.05) is 31.2 Å². The van der Waals surface area contributed by atoms with Gasteiger partial charge in [0.1, 0.15) is 0 Å². The van der Waals surface area contributed by atoms with E-state index in [-0.39, 0.29) is 0 Å². The third-order valence-corrected chi connectivity index (χ3v) is 3.19. The van der Waals surface area contributed by atoms with Crippen LogP contribution in [0.25, 0.3) is 22.4 Å². The standard InChI is InChI=1S/C16H17N5/c1-3-17-10-13-8-11(2)20-16(21-13)12-4-5-14-15(9-12)19-7-6-18-14/h4-9,17H,3,10H2,1-2H3. The first-order valence-electron chi connectivity index (χ1n) is 7.02. The Kier molecular flexibility index (Phi) is 3.83. The molecule has 0 fully saturated rings. The first-order chi connectivity index (χ1) is 10.3. The third-order valence-electron chi connectivity index (χ3n) is 3.19. The zero-order chi connectivity index (χ0) is 14.7. The van der Waals surface area contributed by atoms with Crippen LogP contribution >= 0.6 is 0 Å². The van der Waals surface area contributed by atoms with Crippen molar-refractivity contribution in [1.29, 1.82) is 0 Å². The quantitative estimate of drug-likeness (QED) is 0.795. The van der Waals surface area contributed by atoms with Crippen LogP contribution in [0.2, 0.25) is 0 Å². The summed E-state index contributed by atoms with van der Waals surface area (Å²) in [6.07, 6.45) is 3.39. The van der Waals surface area contributed by atoms with E-state index in [4.69, 9.17) is 0 Å². The molecule has 0 saturated carbocycles. The number of rotatable bonds is 4. The van der Waals surface area contributed by atoms with Crippen LogP contribution in [0, 0.1) is 6.92 Å². The lowest BCUT2D eigenvalue weighted by atomic mass is 10.1. The van der Waals surface area contributed by atoms with E-state index in [2.05, 4.69) is 32.2 Å². The summed E-state index contributed by atoms with van der Waals surface area (Å²) >= 11 is 0. The number of nitrogens with zero attached hydrogens (tertiary/aromatic N) is 4. The molecular formula is C16H17N5. The summed E-state index contributed by atoms with van der Waals surface area (Å²) in [6.45, 7) is 5.74. The molecular weight excluding hydrogens is 262 g/mol. The molecule has 1 aromatic carbocycles. The van der Waals surface area contributed by atoms with Gasteiger partial charge in [0.15, 0.2) is 5.82 Å². The van der Waals surface area contributed by atoms with Crippen LogP contribution in [0.4, 0.5) is 0 Å². The molecule has 21 heavy (non-hydrogen) atoms. The Morgan fingerprint density at radius 2 is 1.81 bits per heavy atom. The molecule has 0 radical (unpaired) electrons. The Morgan fingerprint density at radius 1 is 1.00 bits per heavy atom. The van der Waals surface area contributed by atoms with Gasteiger partial charge in [-0.15, -0.1) is 0 Å². The zero-order valence-electron chi connectivity index (χ0n) is 12.2. The first kappa shape index (κ1) is 13.6. The predicted octanol–water partition coefficient (Wildman–Crippen LogP) is 2.50. The van der Waals surface area contributed by atoms with Gasteiger partial charge >= 0.3 is 0 Å². The maximum absolute atomic E-state index is 4.63. The van der Waals surface area contributed by atoms with Crippen molar-refractivity contribution >= 4 is 11.0 Å². The SMILES string of the molecule is CCNCc1cc(C)nc(-c2ccc3nccnc3c2)n1. The van der Waals surface area contributed by atoms with Crippen LogP contribution in [0.5, 0.6) is 0 Å². The van der Waals surface area contributed by atoms with E-state index in [1.54, 1.807) is 12.4 Å². The van der Waals surface area contributed by atoms with Crippen molar-refractivity contribution in [2.75, 3.05) is 6.54 Å². The molecule has 0 aliphatic carbocycles. The fourth-order valence-corrected chi connectivity index (χ4v) is 2.21. The summed E-state index contributed by atoms with van der Waals surface area (Å²) in [4.78, 5) is 17.8. The fraction of sp³-hybridized carbons (Fsp3) is 0.250. The average molecular weight is 279 g/mol. The Balaban J connectivity index is 2.02. The second-order valence-corrected chi connectivity index (χ2v) is 4.86. The molecule has 0 aliphatic rings. The topological polar surface area (TPSA) is 63.6 Å². The van der Waals surface area contributed by atoms with Crippen molar-refractivity contribution in [2.45, 2.75) is 20.4 Å². The van der Waals surface area contributed by atoms with Crippen LogP contribution in [0.15, 0.2) is 36.7 Å². The molecule has 3 aromatic rings. The van der Waals surface area contributed by atoms with Gasteiger partial charge in [-0.05, 0) is 37.7 Å². The molecule has 0 aliphatic heterocycles. The van der Waals surface area contributed by atoms with E-state index in [9.17, 15) is 0 Å². The molecule has 5 heteroatoms. The molecule has 0 amide bonds. The second kappa shape index (κ2) is 5.93. The smallest absolute Gasteiger partial charge is 0.159 e. The largest absolute Gasteiger partial charge is 0.311 e. The maximum Gasteiger partial charge on any atom is 0.159 e. The van der Waals surface area contributed by atoms with Gasteiger partial charge < -0.3 is 5.32 Å². The Labute approximate surface area is 123 Å². The molecule has 0 unspecified atom stereocenters. The van der Waals surface area contributed by atoms with Gasteiger partial charge in [-0.2, -0.15) is 0 Å². The number of hydrogen-bond donors (Lipinski definition) is 1. The summed E-state index contributed by atoms with van der Waals surface area (Å²) in [7, 11) is 0. The van der Waals surface area contributed by atoms with E-state index < -0.39 is 0 Å². The van der Waals surface area contributed by atoms with Gasteiger partial charge in [0.05, 0.1) is 16.7 Å². The highest BCUT2D eigenvalue weighted by Crippen LogP contribution is 2.20. The number of hydrogen-bond acceptors (Lipinski definition) is 5. The zero-order valence-corrected chi connectivity index (χ0v) is 12.2. The maximum atomic E-state index is 4.63. The van der Waals surface area contributed by atoms with Gasteiger partial charge in [0, 0.05) is 30.2 Å². The molecule has 1 N–H and O–H groups in total. The van der Waals surface area contributed by atoms with Gasteiger partial charge in [-0.25, -0.2) is 9.97 Å². The van der Waals surface area contributed by atoms with Crippen molar-refractivity contribution in [3.63, 3.8) is 0 Å². The number of benzene rings is 1. The first-order valence-corrected chi connectivity index (χ1v) is 7.02. The summed E-state index contributed by atoms with van der Waals surface area (Å²) in [5, 5.41) is 3.29. The number of nitrogens with one attached hydrogen (secondary N) is 1. The minimum absolute atomic E-state index is 0.732. The summed E-state index contributed by atoms with van der Waals surface area (Å²) in [6, 6.07) is 7.93. The van der Waals surface area contributed by atoms with E-state index in [0.29, 0.717) is 0 Å². The van der Waals surface area contributed by atoms with Crippen molar-refractivity contribution in [3.05, 3.63) is 48.0 Å². The number of aryl methyl sites for hydroxylation is 1. The molecule has 0 atom stereocenters. The van der Waals surface area contributed by atoms with Crippen molar-refractivity contribution in [2.24, 2.45) is 0 Å². The molecule has 0 bridgehead atoms. The Hall–Kier alpha value is -2.40. The molecule has 2 aromatic heterocycles. The van der Waals surface area contributed by atoms with Crippen LogP contribution in [0.3, 0.4) is 0 Å². The molecule has 0 spiro atoms. The molecule has 3 rings (SSSR count). The van der Waals surface area contributed by atoms with Gasteiger partial charge in [0.2, 0.25) is 0 Å². The minimum Gasteiger partial charge on any atom is -0.311 e. The summed E-state index contributed by atoms with van der Waals surface area (Å²) in [5.74, 6) is 0.732. The van der Waals surface area contributed by atoms with Crippen LogP contribution in [-0.4, -0.2) is 26.5 Å². The molecule has 2 heterocycles. The van der Waals surface area contributed by atoms with Crippen LogP contribution in [-0.2, 0) is 6.54 Å². The highest BCUT2D eigenvalue weighted by molar-refractivity contribution is 5.79. The lowest BCUT2D eigenvalue weighted by Gasteiger charge is -2.07. The van der Waals surface area contributed by atoms with E-state index in [1.165, 1.54) is 0 Å². The van der Waals surface area contributed by atoms with Crippen molar-refractivity contribution < 1.29 is 0 Å². The van der Waals surface area contributed by atoms with Gasteiger partial charge in [-0.3, -0.25) is 9.97 Å². The lowest BCUT2D eigenvalue weighted by Crippen LogP contribution is -2.13. The second-order valence-electron chi connectivity index (χ2n) is 4.86. The van der Waals surface area contributed by atoms with Crippen LogP contribution < -0.4 is 5.32 Å². The molecule has 0 saturated heterocycles. The highest BCUT2D eigenvalue weighted by atomic mass is 14.9. The minimum atomic E-state index is 0.732. The highest BCUT2D eigenvalue weighted by Gasteiger charge is 2.06. The van der Waals surface area contributed by atoms with Gasteiger partial charge in [0.25, 0.3) is 0 Å².